The second kappa shape index (κ2) is 11.6. The van der Waals surface area contributed by atoms with E-state index in [0.717, 1.165) is 38.7 Å². The number of amides is 1. The molecule has 216 valence electrons. The van der Waals surface area contributed by atoms with Gasteiger partial charge in [0.05, 0.1) is 21.8 Å². The molecule has 5 rings (SSSR count). The second-order valence-corrected chi connectivity index (χ2v) is 12.4. The van der Waals surface area contributed by atoms with Crippen molar-refractivity contribution in [1.82, 2.24) is 15.2 Å². The summed E-state index contributed by atoms with van der Waals surface area (Å²) >= 11 is 1.45. The largest absolute Gasteiger partial charge is 0.444 e. The fraction of sp³-hybridized carbons (Fsp3) is 0.387. The molecule has 0 aliphatic carbocycles. The van der Waals surface area contributed by atoms with Gasteiger partial charge < -0.3 is 25.2 Å². The summed E-state index contributed by atoms with van der Waals surface area (Å²) in [6.45, 7) is 10.6. The smallest absolute Gasteiger partial charge is 0.410 e. The van der Waals surface area contributed by atoms with E-state index in [1.165, 1.54) is 17.4 Å². The standard InChI is InChI=1S/C31H36FN5O3S/c1-19(33-5)17-34-29-27(18-38)41-26-11-10-24-21(28(26)29)7-9-25(35-24)22-16-20(6-8-23(22)32)36-12-14-37(15-13-36)30(39)40-31(2,3)4/h6-11,16,18-19,33-34H,12-15,17H2,1-5H3/t19-/m1/s1. The van der Waals surface area contributed by atoms with Crippen molar-refractivity contribution in [3.05, 3.63) is 53.2 Å². The highest BCUT2D eigenvalue weighted by molar-refractivity contribution is 7.21. The van der Waals surface area contributed by atoms with Gasteiger partial charge in [0.2, 0.25) is 0 Å². The minimum atomic E-state index is -0.540. The number of thiophene rings is 1. The summed E-state index contributed by atoms with van der Waals surface area (Å²) < 4.78 is 21.6. The Morgan fingerprint density at radius 1 is 1.15 bits per heavy atom. The van der Waals surface area contributed by atoms with Crippen LogP contribution in [0.15, 0.2) is 42.5 Å². The van der Waals surface area contributed by atoms with Gasteiger partial charge in [-0.1, -0.05) is 0 Å². The lowest BCUT2D eigenvalue weighted by Gasteiger charge is -2.36. The van der Waals surface area contributed by atoms with E-state index in [1.807, 2.05) is 58.2 Å². The number of aromatic nitrogens is 1. The number of nitrogens with one attached hydrogen (secondary N) is 2. The molecule has 1 amide bonds. The molecule has 8 nitrogen and oxygen atoms in total. The van der Waals surface area contributed by atoms with Crippen LogP contribution in [0, 0.1) is 5.82 Å². The average Bonchev–Trinajstić information content (AvgIpc) is 3.33. The molecule has 1 fully saturated rings. The molecule has 0 bridgehead atoms. The van der Waals surface area contributed by atoms with Gasteiger partial charge in [-0.3, -0.25) is 4.79 Å². The van der Waals surface area contributed by atoms with Gasteiger partial charge in [0.1, 0.15) is 11.4 Å². The number of anilines is 2. The molecule has 2 aromatic heterocycles. The van der Waals surface area contributed by atoms with E-state index >= 15 is 4.39 Å². The van der Waals surface area contributed by atoms with Crippen LogP contribution in [0.3, 0.4) is 0 Å². The molecule has 4 aromatic rings. The summed E-state index contributed by atoms with van der Waals surface area (Å²) in [5.74, 6) is -0.351. The minimum Gasteiger partial charge on any atom is -0.444 e. The predicted octanol–water partition coefficient (Wildman–Crippen LogP) is 6.15. The lowest BCUT2D eigenvalue weighted by Crippen LogP contribution is -2.50. The minimum absolute atomic E-state index is 0.222. The zero-order chi connectivity index (χ0) is 29.3. The number of piperazine rings is 1. The number of carbonyl (C=O) groups excluding carboxylic acids is 2. The number of carbonyl (C=O) groups is 2. The van der Waals surface area contributed by atoms with Crippen LogP contribution in [0.5, 0.6) is 0 Å². The quantitative estimate of drug-likeness (QED) is 0.255. The summed E-state index contributed by atoms with van der Waals surface area (Å²) in [5.41, 5.74) is 2.82. The monoisotopic (exact) mass is 577 g/mol. The van der Waals surface area contributed by atoms with Gasteiger partial charge in [-0.05, 0) is 77.2 Å². The first-order valence-corrected chi connectivity index (χ1v) is 14.6. The number of fused-ring (bicyclic) bond motifs is 3. The molecule has 0 radical (unpaired) electrons. The van der Waals surface area contributed by atoms with Gasteiger partial charge in [0, 0.05) is 65.5 Å². The zero-order valence-corrected chi connectivity index (χ0v) is 24.9. The normalized spacial score (nSPS) is 14.9. The van der Waals surface area contributed by atoms with Gasteiger partial charge in [-0.15, -0.1) is 11.3 Å². The molecule has 10 heteroatoms. The highest BCUT2D eigenvalue weighted by atomic mass is 32.1. The first kappa shape index (κ1) is 28.8. The van der Waals surface area contributed by atoms with Crippen molar-refractivity contribution in [3.63, 3.8) is 0 Å². The maximum Gasteiger partial charge on any atom is 0.410 e. The Bertz CT molecular complexity index is 1590. The number of benzene rings is 2. The molecule has 1 saturated heterocycles. The van der Waals surface area contributed by atoms with Gasteiger partial charge in [-0.2, -0.15) is 0 Å². The molecule has 2 aromatic carbocycles. The third kappa shape index (κ3) is 6.13. The molecule has 1 atom stereocenters. The molecular formula is C31H36FN5O3S. The van der Waals surface area contributed by atoms with Gasteiger partial charge in [-0.25, -0.2) is 14.2 Å². The van der Waals surface area contributed by atoms with Crippen LogP contribution in [0.4, 0.5) is 20.6 Å². The van der Waals surface area contributed by atoms with E-state index in [9.17, 15) is 9.59 Å². The number of hydrogen-bond acceptors (Lipinski definition) is 8. The number of likely N-dealkylation sites (N-methyl/N-ethyl adjacent to an activating group) is 1. The van der Waals surface area contributed by atoms with Crippen molar-refractivity contribution in [3.8, 4) is 11.3 Å². The first-order chi connectivity index (χ1) is 19.6. The van der Waals surface area contributed by atoms with Crippen molar-refractivity contribution in [1.29, 1.82) is 0 Å². The van der Waals surface area contributed by atoms with E-state index in [1.54, 1.807) is 11.0 Å². The number of hydrogen-bond donors (Lipinski definition) is 2. The molecule has 0 unspecified atom stereocenters. The van der Waals surface area contributed by atoms with Crippen LogP contribution in [-0.4, -0.2) is 73.7 Å². The molecule has 1 aliphatic rings. The van der Waals surface area contributed by atoms with Crippen molar-refractivity contribution in [2.24, 2.45) is 0 Å². The van der Waals surface area contributed by atoms with Crippen LogP contribution >= 0.6 is 11.3 Å². The molecule has 2 N–H and O–H groups in total. The van der Waals surface area contributed by atoms with Crippen molar-refractivity contribution < 1.29 is 18.7 Å². The maximum atomic E-state index is 15.1. The van der Waals surface area contributed by atoms with Crippen LogP contribution in [0.25, 0.3) is 32.2 Å². The Morgan fingerprint density at radius 2 is 1.90 bits per heavy atom. The number of pyridine rings is 1. The zero-order valence-electron chi connectivity index (χ0n) is 24.1. The Morgan fingerprint density at radius 3 is 2.59 bits per heavy atom. The Kier molecular flexibility index (Phi) is 8.15. The lowest BCUT2D eigenvalue weighted by molar-refractivity contribution is 0.0240. The summed E-state index contributed by atoms with van der Waals surface area (Å²) in [5, 5.41) is 8.50. The first-order valence-electron chi connectivity index (χ1n) is 13.8. The molecule has 0 spiro atoms. The molecule has 41 heavy (non-hydrogen) atoms. The SMILES string of the molecule is CN[C@H](C)CNc1c(C=O)sc2ccc3nc(-c4cc(N5CCN(C(=O)OC(C)(C)C)CC5)ccc4F)ccc3c12. The fourth-order valence-electron chi connectivity index (χ4n) is 4.97. The van der Waals surface area contributed by atoms with Gasteiger partial charge >= 0.3 is 6.09 Å². The number of halogens is 1. The number of ether oxygens (including phenoxy) is 1. The fourth-order valence-corrected chi connectivity index (χ4v) is 5.98. The Labute approximate surface area is 243 Å². The summed E-state index contributed by atoms with van der Waals surface area (Å²) in [6, 6.07) is 13.0. The summed E-state index contributed by atoms with van der Waals surface area (Å²) in [6.07, 6.45) is 0.575. The highest BCUT2D eigenvalue weighted by Crippen LogP contribution is 2.40. The maximum absolute atomic E-state index is 15.1. The summed E-state index contributed by atoms with van der Waals surface area (Å²) in [4.78, 5) is 33.7. The van der Waals surface area contributed by atoms with E-state index in [2.05, 4.69) is 22.5 Å². The van der Waals surface area contributed by atoms with Gasteiger partial charge in [0.25, 0.3) is 0 Å². The van der Waals surface area contributed by atoms with Crippen LogP contribution in [-0.2, 0) is 4.74 Å². The van der Waals surface area contributed by atoms with Crippen LogP contribution in [0.2, 0.25) is 0 Å². The number of nitrogens with zero attached hydrogens (tertiary/aromatic N) is 3. The van der Waals surface area contributed by atoms with Gasteiger partial charge in [0.15, 0.2) is 6.29 Å². The Balaban J connectivity index is 1.42. The van der Waals surface area contributed by atoms with E-state index in [0.29, 0.717) is 48.9 Å². The molecular weight excluding hydrogens is 541 g/mol. The second-order valence-electron chi connectivity index (χ2n) is 11.4. The molecule has 3 heterocycles. The van der Waals surface area contributed by atoms with Crippen molar-refractivity contribution in [2.45, 2.75) is 39.3 Å². The average molecular weight is 578 g/mol. The van der Waals surface area contributed by atoms with Crippen LogP contribution < -0.4 is 15.5 Å². The van der Waals surface area contributed by atoms with E-state index in [-0.39, 0.29) is 18.0 Å². The number of aldehydes is 1. The predicted molar refractivity (Wildman–Crippen MR) is 165 cm³/mol. The lowest BCUT2D eigenvalue weighted by atomic mass is 10.0. The summed E-state index contributed by atoms with van der Waals surface area (Å²) in [7, 11) is 1.90. The van der Waals surface area contributed by atoms with E-state index < -0.39 is 5.60 Å². The Hall–Kier alpha value is -3.76. The third-order valence-corrected chi connectivity index (χ3v) is 8.34. The molecule has 0 saturated carbocycles. The third-order valence-electron chi connectivity index (χ3n) is 7.26. The number of rotatable bonds is 7. The van der Waals surface area contributed by atoms with Crippen LogP contribution in [0.1, 0.15) is 37.4 Å². The molecule has 1 aliphatic heterocycles. The van der Waals surface area contributed by atoms with Crippen molar-refractivity contribution >= 4 is 56.1 Å². The topological polar surface area (TPSA) is 86.8 Å². The van der Waals surface area contributed by atoms with E-state index in [4.69, 9.17) is 9.72 Å². The highest BCUT2D eigenvalue weighted by Gasteiger charge is 2.26. The van der Waals surface area contributed by atoms with Crippen molar-refractivity contribution in [2.75, 3.05) is 50.0 Å².